The van der Waals surface area contributed by atoms with E-state index < -0.39 is 0 Å². The largest absolute Gasteiger partial charge is 0.494 e. The average molecular weight is 222 g/mol. The lowest BCUT2D eigenvalue weighted by Crippen LogP contribution is -2.09. The van der Waals surface area contributed by atoms with Gasteiger partial charge >= 0.3 is 0 Å². The lowest BCUT2D eigenvalue weighted by atomic mass is 10.2. The van der Waals surface area contributed by atoms with Gasteiger partial charge in [-0.2, -0.15) is 0 Å². The van der Waals surface area contributed by atoms with Crippen LogP contribution in [0.5, 0.6) is 5.75 Å². The minimum atomic E-state index is -0.0124. The fraction of sp³-hybridized carbons (Fsp3) is 0.538. The van der Waals surface area contributed by atoms with Crippen LogP contribution in [0, 0.1) is 6.92 Å². The van der Waals surface area contributed by atoms with E-state index in [4.69, 9.17) is 14.2 Å². The van der Waals surface area contributed by atoms with Gasteiger partial charge in [0, 0.05) is 6.42 Å². The molecule has 0 amide bonds. The molecule has 0 saturated carbocycles. The zero-order valence-electron chi connectivity index (χ0n) is 9.65. The van der Waals surface area contributed by atoms with Crippen molar-refractivity contribution in [1.29, 1.82) is 0 Å². The summed E-state index contributed by atoms with van der Waals surface area (Å²) >= 11 is 0. The third-order valence-electron chi connectivity index (χ3n) is 2.56. The van der Waals surface area contributed by atoms with Crippen LogP contribution in [0.1, 0.15) is 18.4 Å². The predicted molar refractivity (Wildman–Crippen MR) is 61.6 cm³/mol. The molecule has 1 aliphatic heterocycles. The van der Waals surface area contributed by atoms with Gasteiger partial charge in [0.05, 0.1) is 19.8 Å². The Bertz CT molecular complexity index is 301. The van der Waals surface area contributed by atoms with Crippen molar-refractivity contribution in [2.45, 2.75) is 26.1 Å². The first-order chi connectivity index (χ1) is 7.84. The van der Waals surface area contributed by atoms with E-state index in [9.17, 15) is 0 Å². The third kappa shape index (κ3) is 3.51. The van der Waals surface area contributed by atoms with Crippen LogP contribution in [0.25, 0.3) is 0 Å². The SMILES string of the molecule is Cc1ccc(OCCCC2OCCO2)cc1. The standard InChI is InChI=1S/C13H18O3/c1-11-4-6-12(7-5-11)14-8-2-3-13-15-9-10-16-13/h4-7,13H,2-3,8-10H2,1H3. The fourth-order valence-electron chi connectivity index (χ4n) is 1.65. The van der Waals surface area contributed by atoms with Crippen molar-refractivity contribution in [3.05, 3.63) is 29.8 Å². The van der Waals surface area contributed by atoms with Crippen molar-refractivity contribution >= 4 is 0 Å². The van der Waals surface area contributed by atoms with Crippen molar-refractivity contribution < 1.29 is 14.2 Å². The Morgan fingerprint density at radius 1 is 1.19 bits per heavy atom. The van der Waals surface area contributed by atoms with E-state index in [0.29, 0.717) is 6.61 Å². The van der Waals surface area contributed by atoms with E-state index in [0.717, 1.165) is 31.8 Å². The number of rotatable bonds is 5. The quantitative estimate of drug-likeness (QED) is 0.716. The Morgan fingerprint density at radius 3 is 2.56 bits per heavy atom. The van der Waals surface area contributed by atoms with E-state index in [1.54, 1.807) is 0 Å². The highest BCUT2D eigenvalue weighted by Crippen LogP contribution is 2.13. The Hall–Kier alpha value is -1.06. The molecular weight excluding hydrogens is 204 g/mol. The van der Waals surface area contributed by atoms with Crippen molar-refractivity contribution in [2.24, 2.45) is 0 Å². The van der Waals surface area contributed by atoms with Gasteiger partial charge in [-0.05, 0) is 25.5 Å². The summed E-state index contributed by atoms with van der Waals surface area (Å²) in [6.45, 7) is 4.23. The van der Waals surface area contributed by atoms with Gasteiger partial charge in [-0.1, -0.05) is 17.7 Å². The summed E-state index contributed by atoms with van der Waals surface area (Å²) in [5, 5.41) is 0. The van der Waals surface area contributed by atoms with Crippen LogP contribution in [0.15, 0.2) is 24.3 Å². The van der Waals surface area contributed by atoms with Gasteiger partial charge in [0.15, 0.2) is 6.29 Å². The van der Waals surface area contributed by atoms with E-state index in [2.05, 4.69) is 19.1 Å². The molecule has 1 aromatic rings. The number of hydrogen-bond donors (Lipinski definition) is 0. The molecule has 88 valence electrons. The lowest BCUT2D eigenvalue weighted by Gasteiger charge is -2.09. The molecule has 0 N–H and O–H groups in total. The lowest BCUT2D eigenvalue weighted by molar-refractivity contribution is -0.0492. The van der Waals surface area contributed by atoms with Gasteiger partial charge in [0.1, 0.15) is 5.75 Å². The van der Waals surface area contributed by atoms with E-state index in [1.165, 1.54) is 5.56 Å². The van der Waals surface area contributed by atoms with Gasteiger partial charge in [-0.3, -0.25) is 0 Å². The fourth-order valence-corrected chi connectivity index (χ4v) is 1.65. The Morgan fingerprint density at radius 2 is 1.88 bits per heavy atom. The zero-order valence-corrected chi connectivity index (χ0v) is 9.65. The summed E-state index contributed by atoms with van der Waals surface area (Å²) < 4.78 is 16.3. The molecule has 0 bridgehead atoms. The molecule has 0 aromatic heterocycles. The van der Waals surface area contributed by atoms with Gasteiger partial charge < -0.3 is 14.2 Å². The van der Waals surface area contributed by atoms with Gasteiger partial charge in [0.2, 0.25) is 0 Å². The monoisotopic (exact) mass is 222 g/mol. The highest BCUT2D eigenvalue weighted by atomic mass is 16.7. The van der Waals surface area contributed by atoms with Crippen LogP contribution in [-0.4, -0.2) is 26.1 Å². The summed E-state index contributed by atoms with van der Waals surface area (Å²) in [4.78, 5) is 0. The maximum absolute atomic E-state index is 5.61. The van der Waals surface area contributed by atoms with Crippen molar-refractivity contribution in [3.63, 3.8) is 0 Å². The molecular formula is C13H18O3. The van der Waals surface area contributed by atoms with Crippen molar-refractivity contribution in [3.8, 4) is 5.75 Å². The molecule has 2 rings (SSSR count). The van der Waals surface area contributed by atoms with Gasteiger partial charge in [-0.15, -0.1) is 0 Å². The molecule has 0 unspecified atom stereocenters. The summed E-state index contributed by atoms with van der Waals surface area (Å²) in [5.41, 5.74) is 1.25. The first-order valence-corrected chi connectivity index (χ1v) is 5.77. The first kappa shape index (κ1) is 11.4. The van der Waals surface area contributed by atoms with Crippen molar-refractivity contribution in [1.82, 2.24) is 0 Å². The predicted octanol–water partition coefficient (Wildman–Crippen LogP) is 2.53. The van der Waals surface area contributed by atoms with Crippen LogP contribution < -0.4 is 4.74 Å². The van der Waals surface area contributed by atoms with E-state index in [1.807, 2.05) is 12.1 Å². The third-order valence-corrected chi connectivity index (χ3v) is 2.56. The molecule has 3 heteroatoms. The van der Waals surface area contributed by atoms with Crippen LogP contribution in [0.2, 0.25) is 0 Å². The Labute approximate surface area is 96.3 Å². The molecule has 1 aliphatic rings. The summed E-state index contributed by atoms with van der Waals surface area (Å²) in [6, 6.07) is 8.10. The molecule has 1 saturated heterocycles. The molecule has 0 aliphatic carbocycles. The molecule has 0 atom stereocenters. The van der Waals surface area contributed by atoms with Gasteiger partial charge in [0.25, 0.3) is 0 Å². The summed E-state index contributed by atoms with van der Waals surface area (Å²) in [7, 11) is 0. The van der Waals surface area contributed by atoms with Crippen molar-refractivity contribution in [2.75, 3.05) is 19.8 Å². The van der Waals surface area contributed by atoms with Crippen LogP contribution in [0.4, 0.5) is 0 Å². The van der Waals surface area contributed by atoms with Crippen LogP contribution in [0.3, 0.4) is 0 Å². The number of aryl methyl sites for hydroxylation is 1. The number of ether oxygens (including phenoxy) is 3. The Balaban J connectivity index is 1.62. The summed E-state index contributed by atoms with van der Waals surface area (Å²) in [5.74, 6) is 0.929. The van der Waals surface area contributed by atoms with E-state index in [-0.39, 0.29) is 6.29 Å². The van der Waals surface area contributed by atoms with Crippen LogP contribution >= 0.6 is 0 Å². The number of benzene rings is 1. The van der Waals surface area contributed by atoms with Crippen LogP contribution in [-0.2, 0) is 9.47 Å². The Kier molecular flexibility index (Phi) is 4.19. The summed E-state index contributed by atoms with van der Waals surface area (Å²) in [6.07, 6.45) is 1.85. The van der Waals surface area contributed by atoms with Gasteiger partial charge in [-0.25, -0.2) is 0 Å². The minimum absolute atomic E-state index is 0.0124. The second kappa shape index (κ2) is 5.87. The second-order valence-corrected chi connectivity index (χ2v) is 3.97. The molecule has 1 heterocycles. The number of hydrogen-bond acceptors (Lipinski definition) is 3. The molecule has 0 radical (unpaired) electrons. The van der Waals surface area contributed by atoms with E-state index >= 15 is 0 Å². The smallest absolute Gasteiger partial charge is 0.157 e. The first-order valence-electron chi connectivity index (χ1n) is 5.77. The topological polar surface area (TPSA) is 27.7 Å². The highest BCUT2D eigenvalue weighted by Gasteiger charge is 2.14. The maximum Gasteiger partial charge on any atom is 0.157 e. The zero-order chi connectivity index (χ0) is 11.2. The second-order valence-electron chi connectivity index (χ2n) is 3.97. The average Bonchev–Trinajstić information content (AvgIpc) is 2.80. The molecule has 1 fully saturated rings. The maximum atomic E-state index is 5.61. The molecule has 3 nitrogen and oxygen atoms in total. The minimum Gasteiger partial charge on any atom is -0.494 e. The molecule has 16 heavy (non-hydrogen) atoms. The molecule has 1 aromatic carbocycles. The molecule has 0 spiro atoms. The normalized spacial score (nSPS) is 16.6. The highest BCUT2D eigenvalue weighted by molar-refractivity contribution is 5.26.